The van der Waals surface area contributed by atoms with Crippen LogP contribution in [0.3, 0.4) is 0 Å². The summed E-state index contributed by atoms with van der Waals surface area (Å²) >= 11 is 1.19. The number of carbonyl (C=O) groups is 1. The molecule has 3 N–H and O–H groups in total. The van der Waals surface area contributed by atoms with Gasteiger partial charge in [-0.2, -0.15) is 0 Å². The summed E-state index contributed by atoms with van der Waals surface area (Å²) in [5, 5.41) is 9.22. The first-order valence-corrected chi connectivity index (χ1v) is 4.38. The van der Waals surface area contributed by atoms with Crippen molar-refractivity contribution in [3.63, 3.8) is 0 Å². The fraction of sp³-hybridized carbons (Fsp3) is 0. The van der Waals surface area contributed by atoms with Gasteiger partial charge in [0.1, 0.15) is 0 Å². The van der Waals surface area contributed by atoms with Crippen molar-refractivity contribution >= 4 is 32.7 Å². The van der Waals surface area contributed by atoms with E-state index in [1.54, 1.807) is 18.2 Å². The number of anilines is 1. The Balaban J connectivity index is 2.82. The van der Waals surface area contributed by atoms with Crippen LogP contribution in [-0.2, 0) is 0 Å². The molecular formula is C8H6N2O2S. The highest BCUT2D eigenvalue weighted by Gasteiger charge is 2.10. The monoisotopic (exact) mass is 194 g/mol. The molecule has 66 valence electrons. The molecule has 0 fully saturated rings. The number of aromatic carboxylic acids is 1. The predicted molar refractivity (Wildman–Crippen MR) is 51.0 cm³/mol. The van der Waals surface area contributed by atoms with E-state index in [0.717, 1.165) is 0 Å². The molecule has 13 heavy (non-hydrogen) atoms. The molecule has 0 aliphatic heterocycles. The highest BCUT2D eigenvalue weighted by molar-refractivity contribution is 7.22. The Morgan fingerprint density at radius 2 is 2.31 bits per heavy atom. The number of hydrogen-bond donors (Lipinski definition) is 2. The average Bonchev–Trinajstić information content (AvgIpc) is 2.43. The number of benzene rings is 1. The molecule has 1 aromatic heterocycles. The number of aromatic nitrogens is 1. The molecule has 0 unspecified atom stereocenters. The zero-order valence-electron chi connectivity index (χ0n) is 6.52. The van der Waals surface area contributed by atoms with Crippen LogP contribution >= 0.6 is 11.3 Å². The van der Waals surface area contributed by atoms with Crippen molar-refractivity contribution in [3.8, 4) is 0 Å². The Hall–Kier alpha value is -1.62. The van der Waals surface area contributed by atoms with E-state index in [1.165, 1.54) is 11.3 Å². The first kappa shape index (κ1) is 8.00. The quantitative estimate of drug-likeness (QED) is 0.722. The van der Waals surface area contributed by atoms with E-state index in [1.807, 2.05) is 0 Å². The molecule has 0 saturated carbocycles. The van der Waals surface area contributed by atoms with E-state index in [4.69, 9.17) is 10.8 Å². The number of nitrogen functional groups attached to an aromatic ring is 1. The fourth-order valence-corrected chi connectivity index (χ4v) is 1.97. The van der Waals surface area contributed by atoms with Gasteiger partial charge in [0.05, 0.1) is 15.8 Å². The molecule has 0 saturated heterocycles. The van der Waals surface area contributed by atoms with Crippen molar-refractivity contribution in [1.29, 1.82) is 0 Å². The van der Waals surface area contributed by atoms with Crippen LogP contribution in [0.4, 0.5) is 5.13 Å². The van der Waals surface area contributed by atoms with E-state index in [0.29, 0.717) is 15.3 Å². The minimum absolute atomic E-state index is 0.256. The highest BCUT2D eigenvalue weighted by atomic mass is 32.1. The summed E-state index contributed by atoms with van der Waals surface area (Å²) in [6.45, 7) is 0. The smallest absolute Gasteiger partial charge is 0.337 e. The third-order valence-corrected chi connectivity index (χ3v) is 2.60. The molecule has 0 radical (unpaired) electrons. The second kappa shape index (κ2) is 2.70. The van der Waals surface area contributed by atoms with Crippen molar-refractivity contribution in [2.45, 2.75) is 0 Å². The molecule has 0 spiro atoms. The van der Waals surface area contributed by atoms with Gasteiger partial charge in [-0.1, -0.05) is 17.4 Å². The van der Waals surface area contributed by atoms with E-state index >= 15 is 0 Å². The summed E-state index contributed by atoms with van der Waals surface area (Å²) in [5.74, 6) is -0.950. The van der Waals surface area contributed by atoms with Crippen LogP contribution in [0.15, 0.2) is 18.2 Å². The molecular weight excluding hydrogens is 188 g/mol. The maximum Gasteiger partial charge on any atom is 0.337 e. The van der Waals surface area contributed by atoms with Crippen LogP contribution in [0.25, 0.3) is 10.2 Å². The number of fused-ring (bicyclic) bond motifs is 1. The van der Waals surface area contributed by atoms with Gasteiger partial charge >= 0.3 is 5.97 Å². The van der Waals surface area contributed by atoms with Crippen LogP contribution in [0, 0.1) is 0 Å². The number of carboxylic acid groups (broad SMARTS) is 1. The minimum Gasteiger partial charge on any atom is -0.478 e. The third-order valence-electron chi connectivity index (χ3n) is 1.66. The van der Waals surface area contributed by atoms with E-state index in [2.05, 4.69) is 4.98 Å². The number of hydrogen-bond acceptors (Lipinski definition) is 4. The summed E-state index contributed by atoms with van der Waals surface area (Å²) in [4.78, 5) is 14.8. The van der Waals surface area contributed by atoms with Gasteiger partial charge in [-0.05, 0) is 12.1 Å². The van der Waals surface area contributed by atoms with Gasteiger partial charge in [0.2, 0.25) is 0 Å². The Bertz CT molecular complexity index is 478. The van der Waals surface area contributed by atoms with Gasteiger partial charge in [-0.3, -0.25) is 0 Å². The zero-order chi connectivity index (χ0) is 9.42. The molecule has 0 atom stereocenters. The zero-order valence-corrected chi connectivity index (χ0v) is 7.34. The molecule has 0 aliphatic rings. The SMILES string of the molecule is Nc1nc2cccc(C(=O)O)c2s1. The summed E-state index contributed by atoms with van der Waals surface area (Å²) in [7, 11) is 0. The van der Waals surface area contributed by atoms with Crippen LogP contribution in [0.2, 0.25) is 0 Å². The molecule has 1 heterocycles. The lowest BCUT2D eigenvalue weighted by molar-refractivity contribution is 0.0699. The van der Waals surface area contributed by atoms with Gasteiger partial charge in [0.15, 0.2) is 5.13 Å². The lowest BCUT2D eigenvalue weighted by Crippen LogP contribution is -1.95. The van der Waals surface area contributed by atoms with E-state index < -0.39 is 5.97 Å². The molecule has 2 rings (SSSR count). The summed E-state index contributed by atoms with van der Waals surface area (Å²) < 4.78 is 0.632. The maximum absolute atomic E-state index is 10.8. The number of carboxylic acids is 1. The Kier molecular flexibility index (Phi) is 1.66. The second-order valence-electron chi connectivity index (χ2n) is 2.51. The minimum atomic E-state index is -0.950. The first-order valence-electron chi connectivity index (χ1n) is 3.57. The molecule has 0 bridgehead atoms. The molecule has 0 aliphatic carbocycles. The number of thiazole rings is 1. The van der Waals surface area contributed by atoms with Gasteiger partial charge in [0, 0.05) is 0 Å². The maximum atomic E-state index is 10.8. The summed E-state index contributed by atoms with van der Waals surface area (Å²) in [6.07, 6.45) is 0. The van der Waals surface area contributed by atoms with Crippen molar-refractivity contribution in [2.75, 3.05) is 5.73 Å². The lowest BCUT2D eigenvalue weighted by Gasteiger charge is -1.93. The van der Waals surface area contributed by atoms with Gasteiger partial charge in [0.25, 0.3) is 0 Å². The number of rotatable bonds is 1. The number of nitrogens with two attached hydrogens (primary N) is 1. The van der Waals surface area contributed by atoms with Gasteiger partial charge in [-0.15, -0.1) is 0 Å². The summed E-state index contributed by atoms with van der Waals surface area (Å²) in [5.41, 5.74) is 6.37. The largest absolute Gasteiger partial charge is 0.478 e. The third kappa shape index (κ3) is 1.23. The normalized spacial score (nSPS) is 10.5. The Morgan fingerprint density at radius 1 is 1.54 bits per heavy atom. The standard InChI is InChI=1S/C8H6N2O2S/c9-8-10-5-3-1-2-4(7(11)12)6(5)13-8/h1-3H,(H2,9,10)(H,11,12). The summed E-state index contributed by atoms with van der Waals surface area (Å²) in [6, 6.07) is 4.95. The van der Waals surface area contributed by atoms with Crippen molar-refractivity contribution in [2.24, 2.45) is 0 Å². The molecule has 5 heteroatoms. The fourth-order valence-electron chi connectivity index (χ4n) is 1.13. The van der Waals surface area contributed by atoms with Crippen molar-refractivity contribution in [1.82, 2.24) is 4.98 Å². The molecule has 4 nitrogen and oxygen atoms in total. The van der Waals surface area contributed by atoms with Crippen LogP contribution < -0.4 is 5.73 Å². The van der Waals surface area contributed by atoms with Crippen LogP contribution in [0.5, 0.6) is 0 Å². The lowest BCUT2D eigenvalue weighted by atomic mass is 10.2. The molecule has 0 amide bonds. The van der Waals surface area contributed by atoms with Crippen molar-refractivity contribution in [3.05, 3.63) is 23.8 Å². The Labute approximate surface area is 77.6 Å². The van der Waals surface area contributed by atoms with Gasteiger partial charge < -0.3 is 10.8 Å². The highest BCUT2D eigenvalue weighted by Crippen LogP contribution is 2.26. The molecule has 2 aromatic rings. The number of nitrogens with zero attached hydrogens (tertiary/aromatic N) is 1. The van der Waals surface area contributed by atoms with Gasteiger partial charge in [-0.25, -0.2) is 9.78 Å². The topological polar surface area (TPSA) is 76.2 Å². The first-order chi connectivity index (χ1) is 6.18. The van der Waals surface area contributed by atoms with Crippen LogP contribution in [0.1, 0.15) is 10.4 Å². The Morgan fingerprint density at radius 3 is 3.00 bits per heavy atom. The van der Waals surface area contributed by atoms with Crippen molar-refractivity contribution < 1.29 is 9.90 Å². The van der Waals surface area contributed by atoms with Crippen LogP contribution in [-0.4, -0.2) is 16.1 Å². The van der Waals surface area contributed by atoms with E-state index in [9.17, 15) is 4.79 Å². The predicted octanol–water partition coefficient (Wildman–Crippen LogP) is 1.58. The second-order valence-corrected chi connectivity index (χ2v) is 3.54. The van der Waals surface area contributed by atoms with E-state index in [-0.39, 0.29) is 5.56 Å². The average molecular weight is 194 g/mol. The molecule has 1 aromatic carbocycles.